The SMILES string of the molecule is CSCC[C@@H](N)C(=O)N1C[C@H]2C[C@@H](C1)[C@H](CCC(C)C)n1c2cccc1=O. The van der Waals surface area contributed by atoms with Gasteiger partial charge in [0, 0.05) is 36.8 Å². The van der Waals surface area contributed by atoms with Crippen molar-refractivity contribution in [3.05, 3.63) is 34.2 Å². The highest BCUT2D eigenvalue weighted by Crippen LogP contribution is 2.43. The van der Waals surface area contributed by atoms with Gasteiger partial charge in [0.1, 0.15) is 0 Å². The van der Waals surface area contributed by atoms with Gasteiger partial charge in [-0.05, 0) is 55.6 Å². The van der Waals surface area contributed by atoms with Crippen LogP contribution in [0.25, 0.3) is 0 Å². The van der Waals surface area contributed by atoms with Crippen molar-refractivity contribution in [3.63, 3.8) is 0 Å². The lowest BCUT2D eigenvalue weighted by Crippen LogP contribution is -2.54. The third kappa shape index (κ3) is 4.43. The van der Waals surface area contributed by atoms with E-state index in [1.807, 2.05) is 21.8 Å². The highest BCUT2D eigenvalue weighted by Gasteiger charge is 2.42. The van der Waals surface area contributed by atoms with Crippen LogP contribution >= 0.6 is 11.8 Å². The second-order valence-electron chi connectivity index (χ2n) is 8.52. The van der Waals surface area contributed by atoms with Gasteiger partial charge in [-0.1, -0.05) is 19.9 Å². The number of amides is 1. The third-order valence-electron chi connectivity index (χ3n) is 6.10. The molecule has 1 fully saturated rings. The van der Waals surface area contributed by atoms with E-state index in [0.29, 0.717) is 18.4 Å². The molecule has 4 atom stereocenters. The van der Waals surface area contributed by atoms with Gasteiger partial charge in [-0.2, -0.15) is 11.8 Å². The van der Waals surface area contributed by atoms with Gasteiger partial charge < -0.3 is 15.2 Å². The molecule has 5 nitrogen and oxygen atoms in total. The molecule has 2 bridgehead atoms. The first kappa shape index (κ1) is 20.5. The van der Waals surface area contributed by atoms with E-state index in [2.05, 4.69) is 19.9 Å². The van der Waals surface area contributed by atoms with Crippen LogP contribution in [0.1, 0.15) is 57.2 Å². The Kier molecular flexibility index (Phi) is 6.69. The van der Waals surface area contributed by atoms with Crippen LogP contribution in [-0.4, -0.2) is 46.5 Å². The van der Waals surface area contributed by atoms with Crippen LogP contribution in [-0.2, 0) is 4.79 Å². The normalized spacial score (nSPS) is 25.4. The Bertz CT molecular complexity index is 718. The van der Waals surface area contributed by atoms with Crippen molar-refractivity contribution in [1.29, 1.82) is 0 Å². The van der Waals surface area contributed by atoms with Crippen molar-refractivity contribution in [1.82, 2.24) is 9.47 Å². The lowest BCUT2D eigenvalue weighted by molar-refractivity contribution is -0.135. The predicted octanol–water partition coefficient (Wildman–Crippen LogP) is 2.85. The molecule has 6 heteroatoms. The van der Waals surface area contributed by atoms with Gasteiger partial charge in [0.2, 0.25) is 5.91 Å². The molecule has 1 saturated heterocycles. The molecule has 3 rings (SSSR count). The summed E-state index contributed by atoms with van der Waals surface area (Å²) in [6.45, 7) is 5.86. The first-order valence-electron chi connectivity index (χ1n) is 10.2. The first-order chi connectivity index (χ1) is 12.9. The summed E-state index contributed by atoms with van der Waals surface area (Å²) in [5.41, 5.74) is 7.38. The van der Waals surface area contributed by atoms with Gasteiger partial charge in [-0.15, -0.1) is 0 Å². The van der Waals surface area contributed by atoms with E-state index in [1.54, 1.807) is 17.8 Å². The Morgan fingerprint density at radius 1 is 1.30 bits per heavy atom. The van der Waals surface area contributed by atoms with E-state index < -0.39 is 6.04 Å². The Balaban J connectivity index is 1.85. The standard InChI is InChI=1S/C21H33N3O2S/c1-14(2)7-8-19-16-11-15(18-5-4-6-20(25)24(18)19)12-23(13-16)21(26)17(22)9-10-27-3/h4-6,14-17,19H,7-13,22H2,1-3H3/t15-,16+,17-,19+/m1/s1. The second kappa shape index (κ2) is 8.82. The van der Waals surface area contributed by atoms with Crippen molar-refractivity contribution in [2.75, 3.05) is 25.1 Å². The molecule has 0 radical (unpaired) electrons. The van der Waals surface area contributed by atoms with Gasteiger partial charge in [0.05, 0.1) is 6.04 Å². The van der Waals surface area contributed by atoms with Gasteiger partial charge in [0.25, 0.3) is 5.56 Å². The highest BCUT2D eigenvalue weighted by atomic mass is 32.2. The summed E-state index contributed by atoms with van der Waals surface area (Å²) in [7, 11) is 0. The molecule has 2 aliphatic rings. The Hall–Kier alpha value is -1.27. The summed E-state index contributed by atoms with van der Waals surface area (Å²) < 4.78 is 2.04. The van der Waals surface area contributed by atoms with Gasteiger partial charge in [-0.3, -0.25) is 9.59 Å². The zero-order chi connectivity index (χ0) is 19.6. The van der Waals surface area contributed by atoms with Crippen molar-refractivity contribution >= 4 is 17.7 Å². The van der Waals surface area contributed by atoms with Gasteiger partial charge >= 0.3 is 0 Å². The van der Waals surface area contributed by atoms with Crippen molar-refractivity contribution < 1.29 is 4.79 Å². The number of aromatic nitrogens is 1. The molecule has 2 N–H and O–H groups in total. The predicted molar refractivity (Wildman–Crippen MR) is 112 cm³/mol. The van der Waals surface area contributed by atoms with Crippen LogP contribution in [0.15, 0.2) is 23.0 Å². The maximum absolute atomic E-state index is 12.9. The summed E-state index contributed by atoms with van der Waals surface area (Å²) >= 11 is 1.72. The molecule has 1 aromatic heterocycles. The number of nitrogens with zero attached hydrogens (tertiary/aromatic N) is 2. The summed E-state index contributed by atoms with van der Waals surface area (Å²) in [5, 5.41) is 0. The quantitative estimate of drug-likeness (QED) is 0.776. The van der Waals surface area contributed by atoms with E-state index in [0.717, 1.165) is 43.7 Å². The number of hydrogen-bond acceptors (Lipinski definition) is 4. The Morgan fingerprint density at radius 3 is 2.78 bits per heavy atom. The van der Waals surface area contributed by atoms with Crippen LogP contribution in [0.4, 0.5) is 0 Å². The Morgan fingerprint density at radius 2 is 2.07 bits per heavy atom. The minimum absolute atomic E-state index is 0.0769. The molecular weight excluding hydrogens is 358 g/mol. The largest absolute Gasteiger partial charge is 0.340 e. The Labute approximate surface area is 166 Å². The highest BCUT2D eigenvalue weighted by molar-refractivity contribution is 7.98. The molecule has 0 aromatic carbocycles. The summed E-state index contributed by atoms with van der Waals surface area (Å²) in [4.78, 5) is 27.5. The number of hydrogen-bond donors (Lipinski definition) is 1. The number of piperidine rings is 1. The van der Waals surface area contributed by atoms with E-state index in [4.69, 9.17) is 5.73 Å². The zero-order valence-electron chi connectivity index (χ0n) is 16.8. The molecule has 3 heterocycles. The average Bonchev–Trinajstić information content (AvgIpc) is 2.65. The molecule has 27 heavy (non-hydrogen) atoms. The van der Waals surface area contributed by atoms with Gasteiger partial charge in [0.15, 0.2) is 0 Å². The van der Waals surface area contributed by atoms with E-state index in [1.165, 1.54) is 0 Å². The van der Waals surface area contributed by atoms with E-state index in [9.17, 15) is 9.59 Å². The lowest BCUT2D eigenvalue weighted by atomic mass is 9.76. The smallest absolute Gasteiger partial charge is 0.250 e. The summed E-state index contributed by atoms with van der Waals surface area (Å²) in [6.07, 6.45) is 5.91. The molecule has 0 spiro atoms. The van der Waals surface area contributed by atoms with Crippen LogP contribution in [0, 0.1) is 11.8 Å². The number of fused-ring (bicyclic) bond motifs is 4. The van der Waals surface area contributed by atoms with Crippen molar-refractivity contribution in [3.8, 4) is 0 Å². The lowest BCUT2D eigenvalue weighted by Gasteiger charge is -2.47. The molecule has 1 aromatic rings. The molecule has 150 valence electrons. The number of pyridine rings is 1. The maximum Gasteiger partial charge on any atom is 0.250 e. The number of carbonyl (C=O) groups is 1. The molecule has 1 amide bonds. The van der Waals surface area contributed by atoms with Crippen molar-refractivity contribution in [2.45, 2.75) is 57.5 Å². The van der Waals surface area contributed by atoms with Crippen LogP contribution in [0.2, 0.25) is 0 Å². The maximum atomic E-state index is 12.9. The third-order valence-corrected chi connectivity index (χ3v) is 6.74. The molecule has 0 unspecified atom stereocenters. The fourth-order valence-corrected chi connectivity index (χ4v) is 5.19. The first-order valence-corrected chi connectivity index (χ1v) is 11.6. The number of rotatable bonds is 7. The number of thioether (sulfide) groups is 1. The monoisotopic (exact) mass is 391 g/mol. The van der Waals surface area contributed by atoms with Crippen LogP contribution in [0.3, 0.4) is 0 Å². The molecule has 0 aliphatic carbocycles. The minimum atomic E-state index is -0.414. The fraction of sp³-hybridized carbons (Fsp3) is 0.714. The van der Waals surface area contributed by atoms with E-state index >= 15 is 0 Å². The number of likely N-dealkylation sites (tertiary alicyclic amines) is 1. The molecular formula is C21H33N3O2S. The van der Waals surface area contributed by atoms with Crippen molar-refractivity contribution in [2.24, 2.45) is 17.6 Å². The molecule has 2 aliphatic heterocycles. The second-order valence-corrected chi connectivity index (χ2v) is 9.51. The topological polar surface area (TPSA) is 68.3 Å². The summed E-state index contributed by atoms with van der Waals surface area (Å²) in [6, 6.07) is 5.38. The fourth-order valence-electron chi connectivity index (χ4n) is 4.70. The number of carbonyl (C=O) groups excluding carboxylic acids is 1. The van der Waals surface area contributed by atoms with Crippen LogP contribution < -0.4 is 11.3 Å². The minimum Gasteiger partial charge on any atom is -0.340 e. The van der Waals surface area contributed by atoms with Gasteiger partial charge in [-0.25, -0.2) is 0 Å². The zero-order valence-corrected chi connectivity index (χ0v) is 17.6. The number of nitrogens with two attached hydrogens (primary N) is 1. The summed E-state index contributed by atoms with van der Waals surface area (Å²) in [5.74, 6) is 2.17. The molecule has 0 saturated carbocycles. The average molecular weight is 392 g/mol. The van der Waals surface area contributed by atoms with E-state index in [-0.39, 0.29) is 23.4 Å². The van der Waals surface area contributed by atoms with Crippen LogP contribution in [0.5, 0.6) is 0 Å².